The second-order valence-corrected chi connectivity index (χ2v) is 12.4. The van der Waals surface area contributed by atoms with Crippen LogP contribution >= 0.6 is 0 Å². The first-order chi connectivity index (χ1) is 14.9. The molecule has 1 aromatic heterocycles. The SMILES string of the molecule is Cc1cc(OCC2CN(S(=O)(=O)C[C@@]34CC[C@@H](CC3=O)C4(C)C)CCO2)nc(C(C)C)n1. The van der Waals surface area contributed by atoms with Crippen LogP contribution in [0.15, 0.2) is 6.07 Å². The number of aryl methyl sites for hydroxylation is 1. The van der Waals surface area contributed by atoms with E-state index >= 15 is 0 Å². The van der Waals surface area contributed by atoms with Gasteiger partial charge in [-0.05, 0) is 31.1 Å². The summed E-state index contributed by atoms with van der Waals surface area (Å²) < 4.78 is 39.9. The Balaban J connectivity index is 1.42. The molecule has 1 unspecified atom stereocenters. The van der Waals surface area contributed by atoms with Gasteiger partial charge in [-0.2, -0.15) is 9.29 Å². The Labute approximate surface area is 191 Å². The van der Waals surface area contributed by atoms with Gasteiger partial charge in [0.05, 0.1) is 12.4 Å². The van der Waals surface area contributed by atoms with Gasteiger partial charge in [-0.15, -0.1) is 0 Å². The first kappa shape index (κ1) is 23.6. The van der Waals surface area contributed by atoms with Gasteiger partial charge in [0.2, 0.25) is 15.9 Å². The highest BCUT2D eigenvalue weighted by Crippen LogP contribution is 2.64. The van der Waals surface area contributed by atoms with Gasteiger partial charge in [0.1, 0.15) is 24.3 Å². The number of fused-ring (bicyclic) bond motifs is 2. The molecule has 32 heavy (non-hydrogen) atoms. The topological polar surface area (TPSA) is 98.7 Å². The molecule has 1 aromatic rings. The van der Waals surface area contributed by atoms with Gasteiger partial charge in [-0.1, -0.05) is 27.7 Å². The van der Waals surface area contributed by atoms with E-state index in [9.17, 15) is 13.2 Å². The monoisotopic (exact) mass is 465 g/mol. The minimum absolute atomic E-state index is 0.0984. The number of hydrogen-bond acceptors (Lipinski definition) is 7. The molecule has 2 aliphatic carbocycles. The second-order valence-electron chi connectivity index (χ2n) is 10.4. The molecule has 2 saturated carbocycles. The summed E-state index contributed by atoms with van der Waals surface area (Å²) in [6, 6.07) is 1.77. The van der Waals surface area contributed by atoms with Crippen LogP contribution in [0.25, 0.3) is 0 Å². The van der Waals surface area contributed by atoms with Crippen molar-refractivity contribution in [2.45, 2.75) is 65.9 Å². The number of Topliss-reactive ketones (excluding diaryl/α,β-unsaturated/α-hetero) is 1. The molecule has 0 amide bonds. The van der Waals surface area contributed by atoms with Crippen LogP contribution in [0.5, 0.6) is 5.88 Å². The van der Waals surface area contributed by atoms with Gasteiger partial charge in [0.25, 0.3) is 0 Å². The number of ether oxygens (including phenoxy) is 2. The third-order valence-electron chi connectivity index (χ3n) is 7.84. The first-order valence-electron chi connectivity index (χ1n) is 11.6. The summed E-state index contributed by atoms with van der Waals surface area (Å²) in [6.45, 7) is 11.1. The maximum Gasteiger partial charge on any atom is 0.216 e. The third-order valence-corrected chi connectivity index (χ3v) is 9.82. The van der Waals surface area contributed by atoms with Crippen molar-refractivity contribution in [3.63, 3.8) is 0 Å². The smallest absolute Gasteiger partial charge is 0.216 e. The fourth-order valence-corrected chi connectivity index (χ4v) is 7.86. The standard InChI is InChI=1S/C23H35N3O5S/c1-15(2)21-24-16(3)10-20(25-21)31-13-18-12-26(8-9-30-18)32(28,29)14-23-7-6-17(11-19(23)27)22(23,4)5/h10,15,17-18H,6-9,11-14H2,1-5H3/t17-,18?,23-/m0/s1. The highest BCUT2D eigenvalue weighted by Gasteiger charge is 2.65. The van der Waals surface area contributed by atoms with Crippen LogP contribution in [-0.4, -0.2) is 66.6 Å². The number of sulfonamides is 1. The Bertz CT molecular complexity index is 993. The quantitative estimate of drug-likeness (QED) is 0.610. The molecule has 1 aliphatic heterocycles. The molecule has 3 atom stereocenters. The zero-order chi connectivity index (χ0) is 23.3. The van der Waals surface area contributed by atoms with Crippen LogP contribution in [-0.2, 0) is 19.6 Å². The Morgan fingerprint density at radius 2 is 2.06 bits per heavy atom. The first-order valence-corrected chi connectivity index (χ1v) is 13.2. The summed E-state index contributed by atoms with van der Waals surface area (Å²) >= 11 is 0. The molecular formula is C23H35N3O5S. The summed E-state index contributed by atoms with van der Waals surface area (Å²) in [4.78, 5) is 21.7. The van der Waals surface area contributed by atoms with Crippen molar-refractivity contribution in [1.82, 2.24) is 14.3 Å². The average molecular weight is 466 g/mol. The Hall–Kier alpha value is -1.58. The van der Waals surface area contributed by atoms with E-state index in [-0.39, 0.29) is 36.0 Å². The Morgan fingerprint density at radius 1 is 1.31 bits per heavy atom. The summed E-state index contributed by atoms with van der Waals surface area (Å²) in [5.74, 6) is 1.68. The van der Waals surface area contributed by atoms with Gasteiger partial charge in [-0.3, -0.25) is 4.79 Å². The van der Waals surface area contributed by atoms with Crippen molar-refractivity contribution in [3.8, 4) is 5.88 Å². The average Bonchev–Trinajstić information content (AvgIpc) is 3.06. The molecule has 1 saturated heterocycles. The fraction of sp³-hybridized carbons (Fsp3) is 0.783. The van der Waals surface area contributed by atoms with E-state index in [2.05, 4.69) is 23.8 Å². The molecule has 8 nitrogen and oxygen atoms in total. The van der Waals surface area contributed by atoms with Crippen molar-refractivity contribution in [2.75, 3.05) is 32.1 Å². The third kappa shape index (κ3) is 4.07. The number of carbonyl (C=O) groups excluding carboxylic acids is 1. The van der Waals surface area contributed by atoms with Crippen molar-refractivity contribution in [1.29, 1.82) is 0 Å². The molecule has 0 spiro atoms. The molecule has 3 aliphatic rings. The molecule has 3 fully saturated rings. The largest absolute Gasteiger partial charge is 0.475 e. The van der Waals surface area contributed by atoms with Gasteiger partial charge < -0.3 is 9.47 Å². The van der Waals surface area contributed by atoms with Gasteiger partial charge in [0.15, 0.2) is 0 Å². The number of ketones is 1. The van der Waals surface area contributed by atoms with E-state index < -0.39 is 21.5 Å². The van der Waals surface area contributed by atoms with E-state index in [0.29, 0.717) is 43.6 Å². The van der Waals surface area contributed by atoms with Crippen molar-refractivity contribution >= 4 is 15.8 Å². The normalized spacial score (nSPS) is 30.2. The summed E-state index contributed by atoms with van der Waals surface area (Å²) in [6.07, 6.45) is 1.73. The van der Waals surface area contributed by atoms with Crippen LogP contribution in [0.4, 0.5) is 0 Å². The number of hydrogen-bond donors (Lipinski definition) is 0. The van der Waals surface area contributed by atoms with Crippen LogP contribution in [0, 0.1) is 23.7 Å². The van der Waals surface area contributed by atoms with Crippen LogP contribution in [0.2, 0.25) is 0 Å². The molecule has 0 aromatic carbocycles. The van der Waals surface area contributed by atoms with Crippen molar-refractivity contribution in [2.24, 2.45) is 16.7 Å². The molecule has 2 bridgehead atoms. The lowest BCUT2D eigenvalue weighted by Gasteiger charge is -2.39. The molecule has 0 radical (unpaired) electrons. The molecule has 4 rings (SSSR count). The number of aromatic nitrogens is 2. The van der Waals surface area contributed by atoms with Gasteiger partial charge in [0, 0.05) is 42.6 Å². The molecule has 0 N–H and O–H groups in total. The summed E-state index contributed by atoms with van der Waals surface area (Å²) in [5.41, 5.74) is -0.206. The number of morpholine rings is 1. The Morgan fingerprint density at radius 3 is 2.69 bits per heavy atom. The van der Waals surface area contributed by atoms with Crippen molar-refractivity contribution < 1.29 is 22.7 Å². The molecule has 2 heterocycles. The van der Waals surface area contributed by atoms with Gasteiger partial charge in [-0.25, -0.2) is 13.4 Å². The zero-order valence-corrected chi connectivity index (χ0v) is 20.6. The van der Waals surface area contributed by atoms with E-state index in [1.54, 1.807) is 6.07 Å². The highest BCUT2D eigenvalue weighted by molar-refractivity contribution is 7.89. The Kier molecular flexibility index (Phi) is 6.13. The lowest BCUT2D eigenvalue weighted by Crippen LogP contribution is -2.52. The summed E-state index contributed by atoms with van der Waals surface area (Å²) in [7, 11) is -3.60. The van der Waals surface area contributed by atoms with Crippen LogP contribution in [0.1, 0.15) is 64.4 Å². The lowest BCUT2D eigenvalue weighted by molar-refractivity contribution is -0.128. The second kappa shape index (κ2) is 8.33. The minimum Gasteiger partial charge on any atom is -0.475 e. The number of rotatable bonds is 7. The van der Waals surface area contributed by atoms with Crippen LogP contribution < -0.4 is 4.74 Å². The zero-order valence-electron chi connectivity index (χ0n) is 19.8. The number of nitrogens with zero attached hydrogens (tertiary/aromatic N) is 3. The minimum atomic E-state index is -3.60. The lowest BCUT2D eigenvalue weighted by atomic mass is 9.70. The molecule has 9 heteroatoms. The van der Waals surface area contributed by atoms with Crippen LogP contribution in [0.3, 0.4) is 0 Å². The highest BCUT2D eigenvalue weighted by atomic mass is 32.2. The van der Waals surface area contributed by atoms with E-state index in [1.807, 2.05) is 20.8 Å². The maximum atomic E-state index is 13.4. The van der Waals surface area contributed by atoms with E-state index in [0.717, 1.165) is 12.1 Å². The number of carbonyl (C=O) groups is 1. The fourth-order valence-electron chi connectivity index (χ4n) is 5.63. The predicted octanol–water partition coefficient (Wildman–Crippen LogP) is 2.71. The van der Waals surface area contributed by atoms with E-state index in [4.69, 9.17) is 9.47 Å². The maximum absolute atomic E-state index is 13.4. The van der Waals surface area contributed by atoms with Gasteiger partial charge >= 0.3 is 0 Å². The predicted molar refractivity (Wildman–Crippen MR) is 120 cm³/mol. The van der Waals surface area contributed by atoms with E-state index in [1.165, 1.54) is 4.31 Å². The molecule has 178 valence electrons. The van der Waals surface area contributed by atoms with Crippen molar-refractivity contribution in [3.05, 3.63) is 17.6 Å². The molecular weight excluding hydrogens is 430 g/mol. The summed E-state index contributed by atoms with van der Waals surface area (Å²) in [5, 5.41) is 0.